The van der Waals surface area contributed by atoms with Crippen LogP contribution >= 0.6 is 0 Å². The first-order chi connectivity index (χ1) is 7.84. The van der Waals surface area contributed by atoms with Crippen molar-refractivity contribution >= 4 is 11.0 Å². The molecule has 0 bridgehead atoms. The number of benzene rings is 1. The molecule has 3 nitrogen and oxygen atoms in total. The first-order valence-corrected chi connectivity index (χ1v) is 4.87. The van der Waals surface area contributed by atoms with Crippen molar-refractivity contribution < 1.29 is 4.39 Å². The van der Waals surface area contributed by atoms with Crippen LogP contribution in [-0.2, 0) is 0 Å². The first kappa shape index (κ1) is 9.03. The van der Waals surface area contributed by atoms with Gasteiger partial charge >= 0.3 is 0 Å². The van der Waals surface area contributed by atoms with Crippen LogP contribution in [0.15, 0.2) is 49.1 Å². The lowest BCUT2D eigenvalue weighted by Gasteiger charge is -2.02. The number of aromatic nitrogens is 3. The van der Waals surface area contributed by atoms with E-state index in [1.807, 2.05) is 16.7 Å². The molecule has 4 heteroatoms. The zero-order valence-corrected chi connectivity index (χ0v) is 8.34. The van der Waals surface area contributed by atoms with Gasteiger partial charge in [0.2, 0.25) is 0 Å². The number of imidazole rings is 1. The topological polar surface area (TPSA) is 30.7 Å². The van der Waals surface area contributed by atoms with E-state index >= 15 is 0 Å². The van der Waals surface area contributed by atoms with Crippen molar-refractivity contribution in [2.75, 3.05) is 0 Å². The maximum atomic E-state index is 13.2. The number of rotatable bonds is 1. The van der Waals surface area contributed by atoms with Crippen molar-refractivity contribution in [1.82, 2.24) is 14.5 Å². The molecule has 3 rings (SSSR count). The van der Waals surface area contributed by atoms with Crippen LogP contribution in [-0.4, -0.2) is 14.5 Å². The maximum Gasteiger partial charge on any atom is 0.125 e. The Morgan fingerprint density at radius 1 is 1.06 bits per heavy atom. The molecule has 3 aromatic rings. The van der Waals surface area contributed by atoms with E-state index in [9.17, 15) is 4.39 Å². The van der Waals surface area contributed by atoms with Gasteiger partial charge in [0.15, 0.2) is 0 Å². The van der Waals surface area contributed by atoms with E-state index < -0.39 is 0 Å². The summed E-state index contributed by atoms with van der Waals surface area (Å²) in [6, 6.07) is 8.26. The number of pyridine rings is 1. The highest BCUT2D eigenvalue weighted by atomic mass is 19.1. The highest BCUT2D eigenvalue weighted by Crippen LogP contribution is 2.18. The Labute approximate surface area is 91.2 Å². The molecule has 0 N–H and O–H groups in total. The molecule has 2 heterocycles. The molecule has 2 aromatic heterocycles. The SMILES string of the molecule is Fc1ccc2ncn(-c3ccncc3)c2c1. The minimum absolute atomic E-state index is 0.261. The van der Waals surface area contributed by atoms with E-state index in [2.05, 4.69) is 9.97 Å². The van der Waals surface area contributed by atoms with Gasteiger partial charge in [0.05, 0.1) is 16.7 Å². The van der Waals surface area contributed by atoms with Gasteiger partial charge in [0.25, 0.3) is 0 Å². The zero-order chi connectivity index (χ0) is 11.0. The zero-order valence-electron chi connectivity index (χ0n) is 8.34. The molecule has 0 radical (unpaired) electrons. The highest BCUT2D eigenvalue weighted by molar-refractivity contribution is 5.77. The molecule has 78 valence electrons. The van der Waals surface area contributed by atoms with Gasteiger partial charge in [0.1, 0.15) is 12.1 Å². The lowest BCUT2D eigenvalue weighted by Crippen LogP contribution is -1.91. The monoisotopic (exact) mass is 213 g/mol. The Morgan fingerprint density at radius 2 is 1.88 bits per heavy atom. The van der Waals surface area contributed by atoms with Gasteiger partial charge in [-0.25, -0.2) is 9.37 Å². The second-order valence-electron chi connectivity index (χ2n) is 3.45. The molecule has 0 saturated heterocycles. The van der Waals surface area contributed by atoms with Crippen molar-refractivity contribution in [3.8, 4) is 5.69 Å². The summed E-state index contributed by atoms with van der Waals surface area (Å²) in [6.45, 7) is 0. The number of fused-ring (bicyclic) bond motifs is 1. The molecule has 0 aliphatic carbocycles. The normalized spacial score (nSPS) is 10.8. The van der Waals surface area contributed by atoms with E-state index in [1.54, 1.807) is 24.8 Å². The summed E-state index contributed by atoms with van der Waals surface area (Å²) < 4.78 is 15.0. The maximum absolute atomic E-state index is 13.2. The molecule has 0 unspecified atom stereocenters. The standard InChI is InChI=1S/C12H8FN3/c13-9-1-2-11-12(7-9)16(8-15-11)10-3-5-14-6-4-10/h1-8H. The second kappa shape index (κ2) is 3.41. The van der Waals surface area contributed by atoms with Crippen molar-refractivity contribution in [3.05, 3.63) is 54.9 Å². The smallest absolute Gasteiger partial charge is 0.125 e. The van der Waals surface area contributed by atoms with E-state index in [-0.39, 0.29) is 5.82 Å². The van der Waals surface area contributed by atoms with Gasteiger partial charge in [-0.3, -0.25) is 9.55 Å². The average Bonchev–Trinajstić information content (AvgIpc) is 2.73. The van der Waals surface area contributed by atoms with Gasteiger partial charge in [-0.2, -0.15) is 0 Å². The largest absolute Gasteiger partial charge is 0.299 e. The summed E-state index contributed by atoms with van der Waals surface area (Å²) in [4.78, 5) is 8.16. The van der Waals surface area contributed by atoms with Crippen LogP contribution in [0.5, 0.6) is 0 Å². The fourth-order valence-electron chi connectivity index (χ4n) is 1.69. The second-order valence-corrected chi connectivity index (χ2v) is 3.45. The summed E-state index contributed by atoms with van der Waals surface area (Å²) in [5, 5.41) is 0. The van der Waals surface area contributed by atoms with Crippen molar-refractivity contribution in [2.24, 2.45) is 0 Å². The van der Waals surface area contributed by atoms with Crippen LogP contribution in [0.3, 0.4) is 0 Å². The van der Waals surface area contributed by atoms with E-state index in [1.165, 1.54) is 12.1 Å². The number of hydrogen-bond donors (Lipinski definition) is 0. The number of hydrogen-bond acceptors (Lipinski definition) is 2. The predicted molar refractivity (Wildman–Crippen MR) is 58.8 cm³/mol. The quantitative estimate of drug-likeness (QED) is 0.622. The van der Waals surface area contributed by atoms with Crippen LogP contribution in [0.2, 0.25) is 0 Å². The highest BCUT2D eigenvalue weighted by Gasteiger charge is 2.04. The molecule has 0 fully saturated rings. The molecule has 0 saturated carbocycles. The molecule has 16 heavy (non-hydrogen) atoms. The number of nitrogens with zero attached hydrogens (tertiary/aromatic N) is 3. The Kier molecular flexibility index (Phi) is 1.93. The van der Waals surface area contributed by atoms with Crippen molar-refractivity contribution in [2.45, 2.75) is 0 Å². The van der Waals surface area contributed by atoms with Gasteiger partial charge in [-0.1, -0.05) is 0 Å². The number of halogens is 1. The Morgan fingerprint density at radius 3 is 2.69 bits per heavy atom. The third-order valence-corrected chi connectivity index (χ3v) is 2.45. The first-order valence-electron chi connectivity index (χ1n) is 4.87. The summed E-state index contributed by atoms with van der Waals surface area (Å²) in [5.74, 6) is -0.261. The van der Waals surface area contributed by atoms with Gasteiger partial charge in [-0.05, 0) is 24.3 Å². The van der Waals surface area contributed by atoms with Crippen LogP contribution in [0, 0.1) is 5.82 Å². The molecule has 0 aliphatic heterocycles. The molecule has 0 amide bonds. The minimum atomic E-state index is -0.261. The summed E-state index contributed by atoms with van der Waals surface area (Å²) in [7, 11) is 0. The third-order valence-electron chi connectivity index (χ3n) is 2.45. The van der Waals surface area contributed by atoms with E-state index in [4.69, 9.17) is 0 Å². The van der Waals surface area contributed by atoms with E-state index in [0.717, 1.165) is 16.7 Å². The van der Waals surface area contributed by atoms with Gasteiger partial charge < -0.3 is 0 Å². The lowest BCUT2D eigenvalue weighted by molar-refractivity contribution is 0.629. The average molecular weight is 213 g/mol. The predicted octanol–water partition coefficient (Wildman–Crippen LogP) is 2.56. The fraction of sp³-hybridized carbons (Fsp3) is 0. The van der Waals surface area contributed by atoms with Crippen molar-refractivity contribution in [3.63, 3.8) is 0 Å². The molecular formula is C12H8FN3. The Bertz CT molecular complexity index is 631. The van der Waals surface area contributed by atoms with Crippen LogP contribution in [0.1, 0.15) is 0 Å². The third kappa shape index (κ3) is 1.35. The van der Waals surface area contributed by atoms with Crippen LogP contribution < -0.4 is 0 Å². The molecular weight excluding hydrogens is 205 g/mol. The van der Waals surface area contributed by atoms with Crippen LogP contribution in [0.25, 0.3) is 16.7 Å². The Hall–Kier alpha value is -2.23. The molecule has 0 spiro atoms. The van der Waals surface area contributed by atoms with Gasteiger partial charge in [-0.15, -0.1) is 0 Å². The van der Waals surface area contributed by atoms with Crippen LogP contribution in [0.4, 0.5) is 4.39 Å². The minimum Gasteiger partial charge on any atom is -0.299 e. The Balaban J connectivity index is 2.29. The van der Waals surface area contributed by atoms with Gasteiger partial charge in [0, 0.05) is 18.5 Å². The molecule has 1 aromatic carbocycles. The summed E-state index contributed by atoms with van der Waals surface area (Å²) >= 11 is 0. The van der Waals surface area contributed by atoms with E-state index in [0.29, 0.717) is 0 Å². The molecule has 0 atom stereocenters. The summed E-state index contributed by atoms with van der Waals surface area (Å²) in [5.41, 5.74) is 2.45. The van der Waals surface area contributed by atoms with Crippen molar-refractivity contribution in [1.29, 1.82) is 0 Å². The molecule has 0 aliphatic rings. The summed E-state index contributed by atoms with van der Waals surface area (Å²) in [6.07, 6.45) is 5.07. The lowest BCUT2D eigenvalue weighted by atomic mass is 10.3. The fourth-order valence-corrected chi connectivity index (χ4v) is 1.69.